The van der Waals surface area contributed by atoms with Gasteiger partial charge in [0.2, 0.25) is 0 Å². The Morgan fingerprint density at radius 1 is 1.50 bits per heavy atom. The number of rotatable bonds is 6. The molecule has 0 saturated heterocycles. The number of amides is 1. The molecule has 4 heteroatoms. The Morgan fingerprint density at radius 2 is 2.19 bits per heavy atom. The van der Waals surface area contributed by atoms with E-state index in [0.29, 0.717) is 13.2 Å². The first kappa shape index (κ1) is 12.3. The van der Waals surface area contributed by atoms with E-state index in [0.717, 1.165) is 5.56 Å². The van der Waals surface area contributed by atoms with Crippen LogP contribution in [0, 0.1) is 0 Å². The molecule has 0 bridgehead atoms. The van der Waals surface area contributed by atoms with Crippen molar-refractivity contribution in [1.29, 1.82) is 0 Å². The highest BCUT2D eigenvalue weighted by atomic mass is 16.5. The Morgan fingerprint density at radius 3 is 2.75 bits per heavy atom. The van der Waals surface area contributed by atoms with Crippen molar-refractivity contribution < 1.29 is 14.6 Å². The summed E-state index contributed by atoms with van der Waals surface area (Å²) in [6.45, 7) is 4.23. The SMILES string of the molecule is C=CCOCC(NC(=O)O)c1ccccc1. The lowest BCUT2D eigenvalue weighted by Gasteiger charge is -2.16. The normalized spacial score (nSPS) is 11.8. The summed E-state index contributed by atoms with van der Waals surface area (Å²) in [5.74, 6) is 0. The van der Waals surface area contributed by atoms with Crippen LogP contribution in [0.4, 0.5) is 4.79 Å². The van der Waals surface area contributed by atoms with E-state index in [4.69, 9.17) is 9.84 Å². The van der Waals surface area contributed by atoms with E-state index >= 15 is 0 Å². The van der Waals surface area contributed by atoms with Crippen molar-refractivity contribution >= 4 is 6.09 Å². The molecule has 86 valence electrons. The first-order valence-electron chi connectivity index (χ1n) is 4.97. The van der Waals surface area contributed by atoms with Crippen molar-refractivity contribution in [2.24, 2.45) is 0 Å². The molecule has 16 heavy (non-hydrogen) atoms. The third-order valence-electron chi connectivity index (χ3n) is 2.02. The van der Waals surface area contributed by atoms with Gasteiger partial charge in [0.05, 0.1) is 19.3 Å². The Kier molecular flexibility index (Phi) is 5.08. The van der Waals surface area contributed by atoms with Crippen LogP contribution < -0.4 is 5.32 Å². The number of hydrogen-bond donors (Lipinski definition) is 2. The highest BCUT2D eigenvalue weighted by molar-refractivity contribution is 5.65. The molecule has 0 heterocycles. The summed E-state index contributed by atoms with van der Waals surface area (Å²) in [5.41, 5.74) is 0.883. The van der Waals surface area contributed by atoms with Crippen molar-refractivity contribution in [2.75, 3.05) is 13.2 Å². The van der Waals surface area contributed by atoms with E-state index in [1.54, 1.807) is 6.08 Å². The first-order chi connectivity index (χ1) is 7.74. The van der Waals surface area contributed by atoms with Crippen molar-refractivity contribution in [1.82, 2.24) is 5.32 Å². The van der Waals surface area contributed by atoms with E-state index in [2.05, 4.69) is 11.9 Å². The van der Waals surface area contributed by atoms with Crippen molar-refractivity contribution in [2.45, 2.75) is 6.04 Å². The van der Waals surface area contributed by atoms with Crippen LogP contribution in [-0.2, 0) is 4.74 Å². The second kappa shape index (κ2) is 6.63. The van der Waals surface area contributed by atoms with Gasteiger partial charge in [-0.1, -0.05) is 36.4 Å². The van der Waals surface area contributed by atoms with E-state index in [1.165, 1.54) is 0 Å². The van der Waals surface area contributed by atoms with Gasteiger partial charge >= 0.3 is 6.09 Å². The van der Waals surface area contributed by atoms with Crippen LogP contribution in [0.5, 0.6) is 0 Å². The lowest BCUT2D eigenvalue weighted by Crippen LogP contribution is -2.30. The Balaban J connectivity index is 2.63. The summed E-state index contributed by atoms with van der Waals surface area (Å²) in [7, 11) is 0. The summed E-state index contributed by atoms with van der Waals surface area (Å²) < 4.78 is 5.26. The topological polar surface area (TPSA) is 58.6 Å². The number of benzene rings is 1. The smallest absolute Gasteiger partial charge is 0.405 e. The zero-order chi connectivity index (χ0) is 11.8. The fourth-order valence-electron chi connectivity index (χ4n) is 1.32. The van der Waals surface area contributed by atoms with E-state index in [1.807, 2.05) is 30.3 Å². The third-order valence-corrected chi connectivity index (χ3v) is 2.02. The zero-order valence-corrected chi connectivity index (χ0v) is 8.93. The van der Waals surface area contributed by atoms with Gasteiger partial charge in [-0.25, -0.2) is 4.79 Å². The highest BCUT2D eigenvalue weighted by Crippen LogP contribution is 2.12. The molecule has 0 radical (unpaired) electrons. The van der Waals surface area contributed by atoms with Crippen LogP contribution >= 0.6 is 0 Å². The molecule has 1 atom stereocenters. The van der Waals surface area contributed by atoms with Gasteiger partial charge in [-0.2, -0.15) is 0 Å². The number of ether oxygens (including phenoxy) is 1. The van der Waals surface area contributed by atoms with Gasteiger partial charge in [0.1, 0.15) is 0 Å². The predicted octanol–water partition coefficient (Wildman–Crippen LogP) is 2.20. The largest absolute Gasteiger partial charge is 0.465 e. The van der Waals surface area contributed by atoms with Gasteiger partial charge in [0.15, 0.2) is 0 Å². The molecule has 1 aromatic carbocycles. The minimum atomic E-state index is -1.06. The summed E-state index contributed by atoms with van der Waals surface area (Å²) >= 11 is 0. The number of hydrogen-bond acceptors (Lipinski definition) is 2. The van der Waals surface area contributed by atoms with Gasteiger partial charge in [-0.15, -0.1) is 6.58 Å². The monoisotopic (exact) mass is 221 g/mol. The maximum Gasteiger partial charge on any atom is 0.405 e. The molecule has 1 unspecified atom stereocenters. The predicted molar refractivity (Wildman–Crippen MR) is 61.4 cm³/mol. The van der Waals surface area contributed by atoms with Crippen molar-refractivity contribution in [3.05, 3.63) is 48.6 Å². The first-order valence-corrected chi connectivity index (χ1v) is 4.97. The van der Waals surface area contributed by atoms with Crippen LogP contribution in [-0.4, -0.2) is 24.4 Å². The summed E-state index contributed by atoms with van der Waals surface area (Å²) in [5, 5.41) is 11.1. The second-order valence-electron chi connectivity index (χ2n) is 3.24. The minimum absolute atomic E-state index is 0.294. The van der Waals surface area contributed by atoms with Gasteiger partial charge in [0.25, 0.3) is 0 Å². The standard InChI is InChI=1S/C12H15NO3/c1-2-8-16-9-11(13-12(14)15)10-6-4-3-5-7-10/h2-7,11,13H,1,8-9H2,(H,14,15). The quantitative estimate of drug-likeness (QED) is 0.572. The molecule has 0 aliphatic rings. The number of nitrogens with one attached hydrogen (secondary N) is 1. The third kappa shape index (κ3) is 4.14. The molecule has 0 aliphatic carbocycles. The molecule has 4 nitrogen and oxygen atoms in total. The molecule has 1 amide bonds. The molecular formula is C12H15NO3. The average Bonchev–Trinajstić information content (AvgIpc) is 2.29. The fourth-order valence-corrected chi connectivity index (χ4v) is 1.32. The summed E-state index contributed by atoms with van der Waals surface area (Å²) in [6, 6.07) is 8.97. The van der Waals surface area contributed by atoms with Crippen LogP contribution in [0.25, 0.3) is 0 Å². The van der Waals surface area contributed by atoms with Crippen LogP contribution in [0.1, 0.15) is 11.6 Å². The molecule has 0 saturated carbocycles. The highest BCUT2D eigenvalue weighted by Gasteiger charge is 2.13. The Hall–Kier alpha value is -1.81. The van der Waals surface area contributed by atoms with Crippen LogP contribution in [0.15, 0.2) is 43.0 Å². The molecule has 1 aromatic rings. The van der Waals surface area contributed by atoms with Crippen LogP contribution in [0.2, 0.25) is 0 Å². The van der Waals surface area contributed by atoms with E-state index in [-0.39, 0.29) is 6.04 Å². The van der Waals surface area contributed by atoms with E-state index < -0.39 is 6.09 Å². The molecule has 0 fully saturated rings. The van der Waals surface area contributed by atoms with Gasteiger partial charge < -0.3 is 15.2 Å². The lowest BCUT2D eigenvalue weighted by atomic mass is 10.1. The second-order valence-corrected chi connectivity index (χ2v) is 3.24. The van der Waals surface area contributed by atoms with Gasteiger partial charge in [0, 0.05) is 0 Å². The molecule has 2 N–H and O–H groups in total. The lowest BCUT2D eigenvalue weighted by molar-refractivity contribution is 0.129. The van der Waals surface area contributed by atoms with Gasteiger partial charge in [-0.3, -0.25) is 0 Å². The minimum Gasteiger partial charge on any atom is -0.465 e. The summed E-state index contributed by atoms with van der Waals surface area (Å²) in [6.07, 6.45) is 0.569. The zero-order valence-electron chi connectivity index (χ0n) is 8.93. The number of carboxylic acid groups (broad SMARTS) is 1. The summed E-state index contributed by atoms with van der Waals surface area (Å²) in [4.78, 5) is 10.6. The average molecular weight is 221 g/mol. The maximum atomic E-state index is 10.6. The van der Waals surface area contributed by atoms with Crippen molar-refractivity contribution in [3.63, 3.8) is 0 Å². The molecule has 0 aliphatic heterocycles. The number of carbonyl (C=O) groups is 1. The Labute approximate surface area is 94.6 Å². The van der Waals surface area contributed by atoms with Gasteiger partial charge in [-0.05, 0) is 5.56 Å². The maximum absolute atomic E-state index is 10.6. The molecular weight excluding hydrogens is 206 g/mol. The van der Waals surface area contributed by atoms with Crippen molar-refractivity contribution in [3.8, 4) is 0 Å². The molecule has 1 rings (SSSR count). The fraction of sp³-hybridized carbons (Fsp3) is 0.250. The Bertz CT molecular complexity index is 337. The van der Waals surface area contributed by atoms with Crippen LogP contribution in [0.3, 0.4) is 0 Å². The molecule has 0 aromatic heterocycles. The van der Waals surface area contributed by atoms with E-state index in [9.17, 15) is 4.79 Å². The molecule has 0 spiro atoms.